The Labute approximate surface area is 140 Å². The molecule has 1 aliphatic rings. The molecule has 1 amide bonds. The van der Waals surface area contributed by atoms with Crippen LogP contribution < -0.4 is 4.74 Å². The molecule has 3 rings (SSSR count). The number of hydrogen-bond donors (Lipinski definition) is 0. The molecule has 0 aromatic carbocycles. The molecule has 2 atom stereocenters. The third-order valence-electron chi connectivity index (χ3n) is 4.48. The van der Waals surface area contributed by atoms with E-state index in [1.165, 1.54) is 17.6 Å². The summed E-state index contributed by atoms with van der Waals surface area (Å²) >= 11 is 1.63. The maximum atomic E-state index is 12.4. The summed E-state index contributed by atoms with van der Waals surface area (Å²) in [5, 5.41) is 0.934. The third kappa shape index (κ3) is 3.32. The van der Waals surface area contributed by atoms with Gasteiger partial charge in [0.05, 0.1) is 5.39 Å². The number of amides is 1. The average molecular weight is 333 g/mol. The number of rotatable bonds is 3. The molecule has 6 heteroatoms. The molecular weight excluding hydrogens is 310 g/mol. The Morgan fingerprint density at radius 3 is 2.70 bits per heavy atom. The lowest BCUT2D eigenvalue weighted by molar-refractivity contribution is -0.136. The fraction of sp³-hybridized carbons (Fsp3) is 0.588. The predicted molar refractivity (Wildman–Crippen MR) is 91.9 cm³/mol. The minimum Gasteiger partial charge on any atom is -0.467 e. The number of carbonyl (C=O) groups excluding carboxylic acids is 1. The first kappa shape index (κ1) is 16.2. The standard InChI is InChI=1S/C17H23N3O2S/c1-10-5-11(2)7-20(6-10)14(21)8-22-16-15-12(3)13(4)23-17(15)19-9-18-16/h9-11H,5-8H2,1-4H3/t10-,11-/m0/s1. The van der Waals surface area contributed by atoms with Gasteiger partial charge in [-0.1, -0.05) is 13.8 Å². The summed E-state index contributed by atoms with van der Waals surface area (Å²) in [4.78, 5) is 25.0. The van der Waals surface area contributed by atoms with Crippen LogP contribution in [0.4, 0.5) is 0 Å². The van der Waals surface area contributed by atoms with Crippen LogP contribution >= 0.6 is 11.3 Å². The molecule has 1 saturated heterocycles. The number of carbonyl (C=O) groups is 1. The van der Waals surface area contributed by atoms with Crippen molar-refractivity contribution in [2.45, 2.75) is 34.1 Å². The minimum atomic E-state index is 0.0415. The van der Waals surface area contributed by atoms with E-state index in [4.69, 9.17) is 4.74 Å². The van der Waals surface area contributed by atoms with Crippen LogP contribution in [-0.2, 0) is 4.79 Å². The van der Waals surface area contributed by atoms with Crippen molar-refractivity contribution < 1.29 is 9.53 Å². The van der Waals surface area contributed by atoms with E-state index >= 15 is 0 Å². The van der Waals surface area contributed by atoms with Crippen molar-refractivity contribution in [3.05, 3.63) is 16.8 Å². The lowest BCUT2D eigenvalue weighted by Gasteiger charge is -2.34. The molecular formula is C17H23N3O2S. The van der Waals surface area contributed by atoms with Gasteiger partial charge in [-0.3, -0.25) is 4.79 Å². The average Bonchev–Trinajstić information content (AvgIpc) is 2.79. The van der Waals surface area contributed by atoms with Crippen molar-refractivity contribution in [3.63, 3.8) is 0 Å². The van der Waals surface area contributed by atoms with Crippen LogP contribution in [0, 0.1) is 25.7 Å². The van der Waals surface area contributed by atoms with Crippen molar-refractivity contribution in [1.82, 2.24) is 14.9 Å². The number of aryl methyl sites for hydroxylation is 2. The number of ether oxygens (including phenoxy) is 1. The quantitative estimate of drug-likeness (QED) is 0.865. The number of nitrogens with zero attached hydrogens (tertiary/aromatic N) is 3. The van der Waals surface area contributed by atoms with Crippen molar-refractivity contribution in [1.29, 1.82) is 0 Å². The zero-order valence-electron chi connectivity index (χ0n) is 14.1. The Kier molecular flexibility index (Phi) is 4.53. The zero-order chi connectivity index (χ0) is 16.6. The first-order valence-electron chi connectivity index (χ1n) is 8.07. The van der Waals surface area contributed by atoms with E-state index in [0.29, 0.717) is 17.7 Å². The fourth-order valence-corrected chi connectivity index (χ4v) is 4.33. The second-order valence-corrected chi connectivity index (χ2v) is 7.88. The SMILES string of the molecule is Cc1sc2ncnc(OCC(=O)N3C[C@@H](C)C[C@H](C)C3)c2c1C. The van der Waals surface area contributed by atoms with Crippen LogP contribution in [0.5, 0.6) is 5.88 Å². The number of aromatic nitrogens is 2. The molecule has 0 radical (unpaired) electrons. The third-order valence-corrected chi connectivity index (χ3v) is 5.60. The van der Waals surface area contributed by atoms with Crippen LogP contribution in [-0.4, -0.2) is 40.5 Å². The number of fused-ring (bicyclic) bond motifs is 1. The van der Waals surface area contributed by atoms with E-state index in [1.807, 2.05) is 11.8 Å². The zero-order valence-corrected chi connectivity index (χ0v) is 14.9. The molecule has 2 aromatic heterocycles. The lowest BCUT2D eigenvalue weighted by atomic mass is 9.92. The van der Waals surface area contributed by atoms with E-state index in [1.54, 1.807) is 11.3 Å². The van der Waals surface area contributed by atoms with Crippen molar-refractivity contribution in [2.24, 2.45) is 11.8 Å². The highest BCUT2D eigenvalue weighted by atomic mass is 32.1. The summed E-state index contributed by atoms with van der Waals surface area (Å²) in [7, 11) is 0. The Bertz CT molecular complexity index is 718. The van der Waals surface area contributed by atoms with Crippen LogP contribution in [0.25, 0.3) is 10.2 Å². The molecule has 0 N–H and O–H groups in total. The number of piperidine rings is 1. The Morgan fingerprint density at radius 2 is 2.00 bits per heavy atom. The van der Waals surface area contributed by atoms with E-state index in [0.717, 1.165) is 28.9 Å². The number of thiophene rings is 1. The second kappa shape index (κ2) is 6.43. The van der Waals surface area contributed by atoms with Gasteiger partial charge in [0.2, 0.25) is 5.88 Å². The summed E-state index contributed by atoms with van der Waals surface area (Å²) in [6, 6.07) is 0. The number of hydrogen-bond acceptors (Lipinski definition) is 5. The predicted octanol–water partition coefficient (Wildman–Crippen LogP) is 3.19. The number of likely N-dealkylation sites (tertiary alicyclic amines) is 1. The Balaban J connectivity index is 1.72. The van der Waals surface area contributed by atoms with E-state index in [2.05, 4.69) is 30.7 Å². The summed E-state index contributed by atoms with van der Waals surface area (Å²) in [6.07, 6.45) is 2.69. The van der Waals surface area contributed by atoms with Gasteiger partial charge in [-0.05, 0) is 37.7 Å². The lowest BCUT2D eigenvalue weighted by Crippen LogP contribution is -2.44. The normalized spacial score (nSPS) is 21.7. The summed E-state index contributed by atoms with van der Waals surface area (Å²) in [5.41, 5.74) is 1.13. The molecule has 0 saturated carbocycles. The molecule has 23 heavy (non-hydrogen) atoms. The van der Waals surface area contributed by atoms with Gasteiger partial charge in [-0.15, -0.1) is 11.3 Å². The maximum absolute atomic E-state index is 12.4. The van der Waals surface area contributed by atoms with Gasteiger partial charge >= 0.3 is 0 Å². The highest BCUT2D eigenvalue weighted by molar-refractivity contribution is 7.18. The molecule has 1 aliphatic heterocycles. The van der Waals surface area contributed by atoms with Gasteiger partial charge in [0.1, 0.15) is 11.2 Å². The summed E-state index contributed by atoms with van der Waals surface area (Å²) in [5.74, 6) is 1.66. The van der Waals surface area contributed by atoms with Gasteiger partial charge in [0, 0.05) is 18.0 Å². The van der Waals surface area contributed by atoms with Gasteiger partial charge in [0.15, 0.2) is 6.61 Å². The highest BCUT2D eigenvalue weighted by Crippen LogP contribution is 2.33. The summed E-state index contributed by atoms with van der Waals surface area (Å²) < 4.78 is 5.76. The summed E-state index contributed by atoms with van der Waals surface area (Å²) in [6.45, 7) is 10.2. The van der Waals surface area contributed by atoms with Gasteiger partial charge in [0.25, 0.3) is 5.91 Å². The molecule has 0 unspecified atom stereocenters. The minimum absolute atomic E-state index is 0.0415. The van der Waals surface area contributed by atoms with Crippen LogP contribution in [0.15, 0.2) is 6.33 Å². The molecule has 1 fully saturated rings. The molecule has 0 spiro atoms. The van der Waals surface area contributed by atoms with Crippen molar-refractivity contribution >= 4 is 27.5 Å². The molecule has 3 heterocycles. The van der Waals surface area contributed by atoms with Crippen LogP contribution in [0.1, 0.15) is 30.7 Å². The van der Waals surface area contributed by atoms with Crippen molar-refractivity contribution in [3.8, 4) is 5.88 Å². The Hall–Kier alpha value is -1.69. The molecule has 2 aromatic rings. The largest absolute Gasteiger partial charge is 0.467 e. The van der Waals surface area contributed by atoms with Crippen LogP contribution in [0.2, 0.25) is 0 Å². The van der Waals surface area contributed by atoms with E-state index < -0.39 is 0 Å². The second-order valence-electron chi connectivity index (χ2n) is 6.68. The molecule has 5 nitrogen and oxygen atoms in total. The first-order chi connectivity index (χ1) is 11.0. The molecule has 0 bridgehead atoms. The topological polar surface area (TPSA) is 55.3 Å². The van der Waals surface area contributed by atoms with E-state index in [9.17, 15) is 4.79 Å². The first-order valence-corrected chi connectivity index (χ1v) is 8.88. The van der Waals surface area contributed by atoms with Gasteiger partial charge in [-0.25, -0.2) is 9.97 Å². The van der Waals surface area contributed by atoms with E-state index in [-0.39, 0.29) is 12.5 Å². The maximum Gasteiger partial charge on any atom is 0.260 e. The smallest absolute Gasteiger partial charge is 0.260 e. The monoisotopic (exact) mass is 333 g/mol. The van der Waals surface area contributed by atoms with Crippen LogP contribution in [0.3, 0.4) is 0 Å². The van der Waals surface area contributed by atoms with Gasteiger partial charge in [-0.2, -0.15) is 0 Å². The molecule has 0 aliphatic carbocycles. The Morgan fingerprint density at radius 1 is 1.30 bits per heavy atom. The fourth-order valence-electron chi connectivity index (χ4n) is 3.35. The highest BCUT2D eigenvalue weighted by Gasteiger charge is 2.26. The van der Waals surface area contributed by atoms with Gasteiger partial charge < -0.3 is 9.64 Å². The molecule has 124 valence electrons. The van der Waals surface area contributed by atoms with Crippen molar-refractivity contribution in [2.75, 3.05) is 19.7 Å².